The minimum atomic E-state index is -1.21. The van der Waals surface area contributed by atoms with Gasteiger partial charge in [-0.1, -0.05) is 24.3 Å². The molecular weight excluding hydrogens is 452 g/mol. The van der Waals surface area contributed by atoms with Crippen LogP contribution in [0, 0.1) is 17.6 Å². The summed E-state index contributed by atoms with van der Waals surface area (Å²) in [6, 6.07) is 10.5. The maximum absolute atomic E-state index is 14.0. The van der Waals surface area contributed by atoms with Crippen LogP contribution >= 0.6 is 12.4 Å². The summed E-state index contributed by atoms with van der Waals surface area (Å²) in [7, 11) is 0. The van der Waals surface area contributed by atoms with Gasteiger partial charge >= 0.3 is 5.97 Å². The Labute approximate surface area is 198 Å². The summed E-state index contributed by atoms with van der Waals surface area (Å²) < 4.78 is 33.1. The first-order chi connectivity index (χ1) is 15.1. The molecule has 2 aromatic rings. The molecule has 0 aromatic heterocycles. The lowest BCUT2D eigenvalue weighted by atomic mass is 9.88. The average molecular weight is 482 g/mol. The summed E-state index contributed by atoms with van der Waals surface area (Å²) in [5.41, 5.74) is 2.73. The Bertz CT molecular complexity index is 971. The summed E-state index contributed by atoms with van der Waals surface area (Å²) in [4.78, 5) is 10.6. The summed E-state index contributed by atoms with van der Waals surface area (Å²) in [5.74, 6) is -3.39. The molecule has 33 heavy (non-hydrogen) atoms. The minimum absolute atomic E-state index is 0. The Morgan fingerprint density at radius 1 is 1.24 bits per heavy atom. The van der Waals surface area contributed by atoms with Crippen LogP contribution in [0.4, 0.5) is 8.78 Å². The molecule has 8 heteroatoms. The summed E-state index contributed by atoms with van der Waals surface area (Å²) in [6.45, 7) is 4.16. The zero-order chi connectivity index (χ0) is 23.3. The second-order valence-electron chi connectivity index (χ2n) is 8.96. The monoisotopic (exact) mass is 481 g/mol. The smallest absolute Gasteiger partial charge is 0.328 e. The number of carboxylic acid groups (broad SMARTS) is 1. The molecule has 0 heterocycles. The molecule has 3 N–H and O–H groups in total. The topological polar surface area (TPSA) is 78.8 Å². The number of aliphatic hydroxyl groups excluding tert-OH is 1. The van der Waals surface area contributed by atoms with Crippen LogP contribution in [0.25, 0.3) is 6.08 Å². The van der Waals surface area contributed by atoms with Crippen LogP contribution in [0.2, 0.25) is 0 Å². The van der Waals surface area contributed by atoms with Gasteiger partial charge in [-0.25, -0.2) is 9.18 Å². The summed E-state index contributed by atoms with van der Waals surface area (Å²) in [6.07, 6.45) is 4.05. The molecule has 1 aliphatic carbocycles. The molecule has 0 spiro atoms. The van der Waals surface area contributed by atoms with E-state index in [0.29, 0.717) is 5.92 Å². The fourth-order valence-electron chi connectivity index (χ4n) is 4.18. The van der Waals surface area contributed by atoms with Crippen molar-refractivity contribution in [2.45, 2.75) is 44.8 Å². The highest BCUT2D eigenvalue weighted by Gasteiger charge is 2.28. The van der Waals surface area contributed by atoms with E-state index in [2.05, 4.69) is 43.4 Å². The number of aliphatic carboxylic acids is 1. The molecule has 1 atom stereocenters. The molecular formula is C25H30ClF2NO4. The number of β-amino-alcohol motifs (C(OH)–C–C–N with tert-alkyl or cyclic N) is 1. The van der Waals surface area contributed by atoms with E-state index in [4.69, 9.17) is 9.84 Å². The minimum Gasteiger partial charge on any atom is -0.488 e. The third-order valence-electron chi connectivity index (χ3n) is 5.62. The van der Waals surface area contributed by atoms with Gasteiger partial charge in [0.15, 0.2) is 11.6 Å². The molecule has 0 radical (unpaired) electrons. The molecule has 0 aliphatic heterocycles. The number of ether oxygens (including phenoxy) is 1. The number of hydrogen-bond donors (Lipinski definition) is 3. The zero-order valence-corrected chi connectivity index (χ0v) is 19.5. The van der Waals surface area contributed by atoms with Crippen molar-refractivity contribution < 1.29 is 28.5 Å². The summed E-state index contributed by atoms with van der Waals surface area (Å²) >= 11 is 0. The zero-order valence-electron chi connectivity index (χ0n) is 18.7. The Morgan fingerprint density at radius 3 is 2.48 bits per heavy atom. The Morgan fingerprint density at radius 2 is 1.88 bits per heavy atom. The fraction of sp³-hybridized carbons (Fsp3) is 0.400. The quantitative estimate of drug-likeness (QED) is 0.438. The van der Waals surface area contributed by atoms with E-state index < -0.39 is 23.7 Å². The number of hydrogen-bond acceptors (Lipinski definition) is 4. The van der Waals surface area contributed by atoms with Crippen LogP contribution in [-0.2, 0) is 17.6 Å². The van der Waals surface area contributed by atoms with Crippen molar-refractivity contribution in [3.8, 4) is 5.75 Å². The third kappa shape index (κ3) is 7.81. The highest BCUT2D eigenvalue weighted by molar-refractivity contribution is 5.85. The number of benzene rings is 2. The molecule has 0 saturated carbocycles. The Kier molecular flexibility index (Phi) is 9.40. The average Bonchev–Trinajstić information content (AvgIpc) is 3.13. The highest BCUT2D eigenvalue weighted by atomic mass is 35.5. The van der Waals surface area contributed by atoms with Crippen LogP contribution in [0.1, 0.15) is 37.0 Å². The molecule has 180 valence electrons. The van der Waals surface area contributed by atoms with E-state index in [-0.39, 0.29) is 42.4 Å². The van der Waals surface area contributed by atoms with Crippen LogP contribution in [0.15, 0.2) is 42.5 Å². The first kappa shape index (κ1) is 26.8. The lowest BCUT2D eigenvalue weighted by molar-refractivity contribution is -0.131. The standard InChI is InChI=1S/C25H29F2NO4.ClH/c1-25(2,13-17-9-18-5-3-4-6-19(18)10-17)28-14-20(29)15-32-22-12-16(7-8-23(30)31)11-21(26)24(22)27;/h3-8,11-12,17,20,28-29H,9-10,13-15H2,1-2H3,(H,30,31);1H/t20-;/m0./s1. The maximum atomic E-state index is 14.0. The molecule has 0 saturated heterocycles. The van der Waals surface area contributed by atoms with Gasteiger partial charge in [0.1, 0.15) is 12.7 Å². The van der Waals surface area contributed by atoms with Crippen molar-refractivity contribution in [2.75, 3.05) is 13.2 Å². The normalized spacial score (nSPS) is 14.7. The lowest BCUT2D eigenvalue weighted by Crippen LogP contribution is -2.46. The first-order valence-electron chi connectivity index (χ1n) is 10.7. The van der Waals surface area contributed by atoms with Gasteiger partial charge in [0.2, 0.25) is 5.82 Å². The van der Waals surface area contributed by atoms with Gasteiger partial charge in [0.05, 0.1) is 0 Å². The van der Waals surface area contributed by atoms with Gasteiger partial charge in [0, 0.05) is 18.2 Å². The number of nitrogens with one attached hydrogen (secondary N) is 1. The van der Waals surface area contributed by atoms with Gasteiger partial charge in [-0.3, -0.25) is 0 Å². The van der Waals surface area contributed by atoms with Crippen LogP contribution in [-0.4, -0.2) is 41.0 Å². The molecule has 0 fully saturated rings. The van der Waals surface area contributed by atoms with E-state index in [1.807, 2.05) is 0 Å². The van der Waals surface area contributed by atoms with Crippen molar-refractivity contribution in [1.29, 1.82) is 0 Å². The van der Waals surface area contributed by atoms with E-state index in [0.717, 1.165) is 37.5 Å². The van der Waals surface area contributed by atoms with Crippen LogP contribution in [0.5, 0.6) is 5.75 Å². The van der Waals surface area contributed by atoms with E-state index in [1.54, 1.807) is 0 Å². The van der Waals surface area contributed by atoms with Gasteiger partial charge in [-0.05, 0) is 73.9 Å². The second kappa shape index (κ2) is 11.6. The SMILES string of the molecule is CC(C)(CC1Cc2ccccc2C1)NC[C@H](O)COc1cc(C=CC(=O)O)cc(F)c1F.Cl. The lowest BCUT2D eigenvalue weighted by Gasteiger charge is -2.30. The summed E-state index contributed by atoms with van der Waals surface area (Å²) in [5, 5.41) is 22.3. The number of rotatable bonds is 10. The highest BCUT2D eigenvalue weighted by Crippen LogP contribution is 2.32. The molecule has 1 aliphatic rings. The second-order valence-corrected chi connectivity index (χ2v) is 8.96. The van der Waals surface area contributed by atoms with Gasteiger partial charge in [0.25, 0.3) is 0 Å². The Balaban J connectivity index is 0.00000385. The van der Waals surface area contributed by atoms with E-state index >= 15 is 0 Å². The van der Waals surface area contributed by atoms with Gasteiger partial charge in [-0.2, -0.15) is 4.39 Å². The predicted molar refractivity (Wildman–Crippen MR) is 126 cm³/mol. The van der Waals surface area contributed by atoms with Crippen molar-refractivity contribution in [2.24, 2.45) is 5.92 Å². The number of halogens is 3. The molecule has 5 nitrogen and oxygen atoms in total. The fourth-order valence-corrected chi connectivity index (χ4v) is 4.18. The maximum Gasteiger partial charge on any atom is 0.328 e. The van der Waals surface area contributed by atoms with Crippen LogP contribution < -0.4 is 10.1 Å². The molecule has 0 unspecified atom stereocenters. The van der Waals surface area contributed by atoms with E-state index in [1.165, 1.54) is 17.2 Å². The predicted octanol–water partition coefficient (Wildman–Crippen LogP) is 4.40. The molecule has 0 amide bonds. The van der Waals surface area contributed by atoms with Crippen molar-refractivity contribution in [3.63, 3.8) is 0 Å². The molecule has 2 aromatic carbocycles. The van der Waals surface area contributed by atoms with Gasteiger partial charge < -0.3 is 20.3 Å². The van der Waals surface area contributed by atoms with Crippen molar-refractivity contribution >= 4 is 24.5 Å². The van der Waals surface area contributed by atoms with E-state index in [9.17, 15) is 18.7 Å². The Hall–Kier alpha value is -2.48. The molecule has 0 bridgehead atoms. The van der Waals surface area contributed by atoms with Crippen molar-refractivity contribution in [1.82, 2.24) is 5.32 Å². The van der Waals surface area contributed by atoms with Crippen molar-refractivity contribution in [3.05, 3.63) is 70.8 Å². The molecule has 3 rings (SSSR count). The largest absolute Gasteiger partial charge is 0.488 e. The van der Waals surface area contributed by atoms with Gasteiger partial charge in [-0.15, -0.1) is 12.4 Å². The number of aliphatic hydroxyl groups is 1. The first-order valence-corrected chi connectivity index (χ1v) is 10.7. The number of carbonyl (C=O) groups is 1. The number of carboxylic acids is 1. The number of fused-ring (bicyclic) bond motifs is 1. The third-order valence-corrected chi connectivity index (χ3v) is 5.62. The van der Waals surface area contributed by atoms with Crippen LogP contribution in [0.3, 0.4) is 0 Å².